The summed E-state index contributed by atoms with van der Waals surface area (Å²) in [5.41, 5.74) is 6.20. The maximum absolute atomic E-state index is 13.3. The Balaban J connectivity index is 0.732. The van der Waals surface area contributed by atoms with Crippen molar-refractivity contribution in [2.45, 2.75) is 70.9 Å². The number of hydrogen-bond donors (Lipinski definition) is 2. The van der Waals surface area contributed by atoms with Crippen LogP contribution in [0.3, 0.4) is 0 Å². The summed E-state index contributed by atoms with van der Waals surface area (Å²) in [4.78, 5) is 69.1. The third-order valence-corrected chi connectivity index (χ3v) is 11.8. The van der Waals surface area contributed by atoms with Crippen molar-refractivity contribution in [3.05, 3.63) is 114 Å². The maximum atomic E-state index is 13.3. The Morgan fingerprint density at radius 3 is 2.53 bits per heavy atom. The van der Waals surface area contributed by atoms with Gasteiger partial charge in [0, 0.05) is 91.7 Å². The van der Waals surface area contributed by atoms with Crippen LogP contribution in [0.15, 0.2) is 91.5 Å². The Labute approximate surface area is 344 Å². The number of nitrogens with zero attached hydrogens (tertiary/aromatic N) is 5. The van der Waals surface area contributed by atoms with Crippen LogP contribution in [0.4, 0.5) is 5.82 Å². The molecule has 3 aromatic heterocycles. The molecule has 1 saturated heterocycles. The van der Waals surface area contributed by atoms with Crippen molar-refractivity contribution >= 4 is 56.6 Å². The summed E-state index contributed by atoms with van der Waals surface area (Å²) in [5, 5.41) is 5.96. The highest BCUT2D eigenvalue weighted by molar-refractivity contribution is 6.23. The fraction of sp³-hybridized carbons (Fsp3) is 0.362. The van der Waals surface area contributed by atoms with Crippen LogP contribution in [-0.4, -0.2) is 99.5 Å². The number of pyridine rings is 2. The Morgan fingerprint density at radius 2 is 1.76 bits per heavy atom. The van der Waals surface area contributed by atoms with Gasteiger partial charge in [-0.3, -0.25) is 34.0 Å². The first-order valence-corrected chi connectivity index (χ1v) is 20.8. The molecule has 59 heavy (non-hydrogen) atoms. The summed E-state index contributed by atoms with van der Waals surface area (Å²) in [7, 11) is 0. The molecular formula is C47H51N7O5. The SMILES string of the molecule is CCC(=O)CCC(C(C)=O)N1C(=O)c2ccc(OCCCc3ccc(N4CCN(CCCC5C=CC(c6ccc7c(c6)[nH]c6ccncc67)=CN5)CC4)nc3)cc2C1=O. The molecule has 2 atom stereocenters. The molecule has 0 saturated carbocycles. The zero-order chi connectivity index (χ0) is 40.9. The van der Waals surface area contributed by atoms with Crippen LogP contribution in [0.2, 0.25) is 0 Å². The average Bonchev–Trinajstić information content (AvgIpc) is 3.75. The van der Waals surface area contributed by atoms with Gasteiger partial charge in [0.25, 0.3) is 11.8 Å². The van der Waals surface area contributed by atoms with Gasteiger partial charge in [0.05, 0.1) is 23.8 Å². The summed E-state index contributed by atoms with van der Waals surface area (Å²) in [5.74, 6) is 0.117. The molecule has 3 aliphatic rings. The number of allylic oxidation sites excluding steroid dienone is 2. The van der Waals surface area contributed by atoms with Gasteiger partial charge in [-0.05, 0) is 98.7 Å². The van der Waals surface area contributed by atoms with Crippen molar-refractivity contribution in [3.63, 3.8) is 0 Å². The molecule has 1 fully saturated rings. The number of anilines is 1. The third kappa shape index (κ3) is 8.83. The van der Waals surface area contributed by atoms with E-state index in [0.29, 0.717) is 24.8 Å². The Hall–Kier alpha value is -6.14. The quantitative estimate of drug-likeness (QED) is 0.0755. The van der Waals surface area contributed by atoms with Gasteiger partial charge in [0.15, 0.2) is 5.78 Å². The Bertz CT molecular complexity index is 2430. The number of aromatic amines is 1. The van der Waals surface area contributed by atoms with Crippen LogP contribution < -0.4 is 15.0 Å². The third-order valence-electron chi connectivity index (χ3n) is 11.8. The Kier molecular flexibility index (Phi) is 12.0. The van der Waals surface area contributed by atoms with Crippen LogP contribution in [-0.2, 0) is 16.0 Å². The van der Waals surface area contributed by atoms with Gasteiger partial charge in [-0.1, -0.05) is 37.3 Å². The largest absolute Gasteiger partial charge is 0.494 e. The molecule has 6 heterocycles. The van der Waals surface area contributed by atoms with E-state index in [-0.39, 0.29) is 35.5 Å². The molecule has 8 rings (SSSR count). The van der Waals surface area contributed by atoms with E-state index in [1.807, 2.05) is 24.7 Å². The molecule has 304 valence electrons. The van der Waals surface area contributed by atoms with E-state index in [9.17, 15) is 19.2 Å². The number of Topliss-reactive ketones (excluding diaryl/α,β-unsaturated/α-hetero) is 2. The molecule has 0 spiro atoms. The molecule has 3 aliphatic heterocycles. The zero-order valence-electron chi connectivity index (χ0n) is 33.8. The van der Waals surface area contributed by atoms with E-state index < -0.39 is 17.9 Å². The number of rotatable bonds is 17. The van der Waals surface area contributed by atoms with E-state index in [0.717, 1.165) is 91.1 Å². The fourth-order valence-electron chi connectivity index (χ4n) is 8.36. The second kappa shape index (κ2) is 17.8. The summed E-state index contributed by atoms with van der Waals surface area (Å²) in [6, 6.07) is 17.0. The summed E-state index contributed by atoms with van der Waals surface area (Å²) in [6.07, 6.45) is 16.7. The summed E-state index contributed by atoms with van der Waals surface area (Å²) < 4.78 is 5.97. The fourth-order valence-corrected chi connectivity index (χ4v) is 8.36. The molecular weight excluding hydrogens is 743 g/mol. The summed E-state index contributed by atoms with van der Waals surface area (Å²) >= 11 is 0. The number of dihydropyridines is 1. The highest BCUT2D eigenvalue weighted by atomic mass is 16.5. The predicted octanol–water partition coefficient (Wildman–Crippen LogP) is 6.91. The number of piperazine rings is 1. The minimum atomic E-state index is -0.961. The van der Waals surface area contributed by atoms with Crippen molar-refractivity contribution in [1.29, 1.82) is 0 Å². The number of carbonyl (C=O) groups excluding carboxylic acids is 4. The number of amides is 2. The first kappa shape index (κ1) is 39.7. The lowest BCUT2D eigenvalue weighted by molar-refractivity contribution is -0.122. The van der Waals surface area contributed by atoms with Crippen molar-refractivity contribution < 1.29 is 23.9 Å². The van der Waals surface area contributed by atoms with Gasteiger partial charge < -0.3 is 19.9 Å². The van der Waals surface area contributed by atoms with Crippen LogP contribution >= 0.6 is 0 Å². The monoisotopic (exact) mass is 793 g/mol. The number of benzene rings is 2. The van der Waals surface area contributed by atoms with Crippen molar-refractivity contribution in [3.8, 4) is 5.75 Å². The topological polar surface area (TPSA) is 141 Å². The van der Waals surface area contributed by atoms with Crippen molar-refractivity contribution in [1.82, 2.24) is 30.1 Å². The predicted molar refractivity (Wildman–Crippen MR) is 230 cm³/mol. The molecule has 2 aromatic carbocycles. The van der Waals surface area contributed by atoms with E-state index in [1.54, 1.807) is 25.1 Å². The zero-order valence-corrected chi connectivity index (χ0v) is 33.8. The summed E-state index contributed by atoms with van der Waals surface area (Å²) in [6.45, 7) is 8.54. The number of aryl methyl sites for hydroxylation is 1. The number of ketones is 2. The van der Waals surface area contributed by atoms with Gasteiger partial charge in [0.1, 0.15) is 17.4 Å². The number of imide groups is 1. The minimum absolute atomic E-state index is 0.0133. The molecule has 12 nitrogen and oxygen atoms in total. The van der Waals surface area contributed by atoms with E-state index >= 15 is 0 Å². The number of hydrogen-bond acceptors (Lipinski definition) is 10. The molecule has 2 unspecified atom stereocenters. The van der Waals surface area contributed by atoms with E-state index in [1.165, 1.54) is 23.4 Å². The van der Waals surface area contributed by atoms with Crippen LogP contribution in [0.1, 0.15) is 84.2 Å². The lowest BCUT2D eigenvalue weighted by atomic mass is 10.00. The number of ether oxygens (including phenoxy) is 1. The van der Waals surface area contributed by atoms with Crippen LogP contribution in [0.5, 0.6) is 5.75 Å². The number of nitrogens with one attached hydrogen (secondary N) is 2. The van der Waals surface area contributed by atoms with Crippen molar-refractivity contribution in [2.24, 2.45) is 0 Å². The molecule has 0 aliphatic carbocycles. The smallest absolute Gasteiger partial charge is 0.262 e. The number of H-pyrrole nitrogens is 1. The number of fused-ring (bicyclic) bond motifs is 4. The van der Waals surface area contributed by atoms with Gasteiger partial charge in [0.2, 0.25) is 0 Å². The molecule has 0 bridgehead atoms. The first-order valence-electron chi connectivity index (χ1n) is 20.8. The standard InChI is InChI=1S/C47H51N7O5/c1-3-36(56)12-16-44(31(2)55)54-46(57)39-15-13-37(27-40(39)47(54)58)59-25-5-6-32-8-17-45(50-28-32)53-23-21-52(22-24-53)20-4-7-35-11-9-34(29-49-35)33-10-14-38-41-30-48-19-18-42(41)51-43(38)26-33/h8-11,13-15,17-19,26-30,35,44,49,51H,3-7,12,16,20-25H2,1-2H3. The average molecular weight is 794 g/mol. The number of carbonyl (C=O) groups is 4. The lowest BCUT2D eigenvalue weighted by Gasteiger charge is -2.35. The first-order chi connectivity index (χ1) is 28.7. The van der Waals surface area contributed by atoms with Gasteiger partial charge >= 0.3 is 0 Å². The molecule has 0 radical (unpaired) electrons. The highest BCUT2D eigenvalue weighted by Gasteiger charge is 2.42. The maximum Gasteiger partial charge on any atom is 0.262 e. The van der Waals surface area contributed by atoms with Gasteiger partial charge in [-0.15, -0.1) is 0 Å². The van der Waals surface area contributed by atoms with E-state index in [4.69, 9.17) is 9.72 Å². The molecule has 2 N–H and O–H groups in total. The van der Waals surface area contributed by atoms with Gasteiger partial charge in [-0.2, -0.15) is 0 Å². The molecule has 2 amide bonds. The highest BCUT2D eigenvalue weighted by Crippen LogP contribution is 2.31. The molecule has 12 heteroatoms. The molecule has 5 aromatic rings. The van der Waals surface area contributed by atoms with Crippen molar-refractivity contribution in [2.75, 3.05) is 44.2 Å². The van der Waals surface area contributed by atoms with Crippen LogP contribution in [0, 0.1) is 0 Å². The number of aromatic nitrogens is 3. The Morgan fingerprint density at radius 1 is 0.915 bits per heavy atom. The van der Waals surface area contributed by atoms with Gasteiger partial charge in [-0.25, -0.2) is 4.98 Å². The normalized spacial score (nSPS) is 17.3. The second-order valence-electron chi connectivity index (χ2n) is 15.7. The lowest BCUT2D eigenvalue weighted by Crippen LogP contribution is -2.47. The van der Waals surface area contributed by atoms with Crippen LogP contribution in [0.25, 0.3) is 27.4 Å². The minimum Gasteiger partial charge on any atom is -0.494 e. The van der Waals surface area contributed by atoms with E-state index in [2.05, 4.69) is 73.8 Å². The second-order valence-corrected chi connectivity index (χ2v) is 15.7.